The molecule has 0 aliphatic carbocycles. The van der Waals surface area contributed by atoms with E-state index in [0.29, 0.717) is 25.1 Å². The highest BCUT2D eigenvalue weighted by atomic mass is 19.4. The number of aromatic nitrogens is 3. The number of hydrogen-bond donors (Lipinski definition) is 1. The van der Waals surface area contributed by atoms with Crippen molar-refractivity contribution in [3.8, 4) is 11.4 Å². The van der Waals surface area contributed by atoms with Gasteiger partial charge in [0.25, 0.3) is 0 Å². The quantitative estimate of drug-likeness (QED) is 0.833. The molecule has 10 heteroatoms. The molecule has 0 spiro atoms. The second-order valence-corrected chi connectivity index (χ2v) is 7.75. The number of nitrogens with zero attached hydrogens (tertiary/aromatic N) is 4. The average molecular weight is 409 g/mol. The standard InChI is InChI=1S/C19H22F3N5O2/c1-18(2,3)29-17(28)24-13-6-8-27(11-13)15-9-14(19(20,21)22)25-16(26-15)12-5-4-7-23-10-12/h4-5,7,9-10,13H,6,8,11H2,1-3H3,(H,24,28)/t13-/m0/s1. The molecule has 0 radical (unpaired) electrons. The smallest absolute Gasteiger partial charge is 0.433 e. The highest BCUT2D eigenvalue weighted by Gasteiger charge is 2.35. The second-order valence-electron chi connectivity index (χ2n) is 7.75. The lowest BCUT2D eigenvalue weighted by molar-refractivity contribution is -0.141. The molecule has 3 heterocycles. The number of carbonyl (C=O) groups is 1. The zero-order valence-corrected chi connectivity index (χ0v) is 16.3. The zero-order valence-electron chi connectivity index (χ0n) is 16.3. The van der Waals surface area contributed by atoms with E-state index in [2.05, 4.69) is 20.3 Å². The first-order valence-corrected chi connectivity index (χ1v) is 9.12. The average Bonchev–Trinajstić information content (AvgIpc) is 3.08. The maximum Gasteiger partial charge on any atom is 0.433 e. The van der Waals surface area contributed by atoms with Crippen LogP contribution in [-0.4, -0.2) is 45.8 Å². The van der Waals surface area contributed by atoms with Crippen LogP contribution in [0.3, 0.4) is 0 Å². The molecule has 1 aliphatic heterocycles. The molecular formula is C19H22F3N5O2. The summed E-state index contributed by atoms with van der Waals surface area (Å²) in [5.74, 6) is 0.103. The number of ether oxygens (including phenoxy) is 1. The van der Waals surface area contributed by atoms with Gasteiger partial charge in [-0.2, -0.15) is 13.2 Å². The van der Waals surface area contributed by atoms with Crippen molar-refractivity contribution in [3.63, 3.8) is 0 Å². The van der Waals surface area contributed by atoms with Gasteiger partial charge in [-0.3, -0.25) is 4.98 Å². The number of rotatable bonds is 3. The van der Waals surface area contributed by atoms with Crippen LogP contribution in [0.4, 0.5) is 23.8 Å². The zero-order chi connectivity index (χ0) is 21.2. The molecule has 29 heavy (non-hydrogen) atoms. The molecule has 7 nitrogen and oxygen atoms in total. The minimum Gasteiger partial charge on any atom is -0.444 e. The Labute approximate surface area is 166 Å². The van der Waals surface area contributed by atoms with Crippen LogP contribution in [-0.2, 0) is 10.9 Å². The number of amides is 1. The van der Waals surface area contributed by atoms with Gasteiger partial charge < -0.3 is 15.0 Å². The summed E-state index contributed by atoms with van der Waals surface area (Å²) in [5.41, 5.74) is -1.26. The first-order chi connectivity index (χ1) is 13.5. The number of nitrogens with one attached hydrogen (secondary N) is 1. The fourth-order valence-electron chi connectivity index (χ4n) is 2.93. The Kier molecular flexibility index (Phi) is 5.63. The number of halogens is 3. The SMILES string of the molecule is CC(C)(C)OC(=O)N[C@H]1CCN(c2cc(C(F)(F)F)nc(-c3cccnc3)n2)C1. The number of anilines is 1. The number of alkyl carbamates (subject to hydrolysis) is 1. The van der Waals surface area contributed by atoms with Gasteiger partial charge in [0.05, 0.1) is 6.04 Å². The van der Waals surface area contributed by atoms with Gasteiger partial charge in [0.15, 0.2) is 11.5 Å². The van der Waals surface area contributed by atoms with Crippen molar-refractivity contribution < 1.29 is 22.7 Å². The minimum absolute atomic E-state index is 0.0496. The van der Waals surface area contributed by atoms with Crippen LogP contribution in [0.25, 0.3) is 11.4 Å². The van der Waals surface area contributed by atoms with Crippen molar-refractivity contribution in [2.75, 3.05) is 18.0 Å². The Morgan fingerprint density at radius 2 is 2.03 bits per heavy atom. The van der Waals surface area contributed by atoms with E-state index in [-0.39, 0.29) is 17.7 Å². The highest BCUT2D eigenvalue weighted by molar-refractivity contribution is 5.68. The molecule has 1 saturated heterocycles. The Balaban J connectivity index is 1.81. The Morgan fingerprint density at radius 1 is 1.28 bits per heavy atom. The third kappa shape index (κ3) is 5.55. The Morgan fingerprint density at radius 3 is 2.66 bits per heavy atom. The largest absolute Gasteiger partial charge is 0.444 e. The molecule has 0 bridgehead atoms. The van der Waals surface area contributed by atoms with Crippen molar-refractivity contribution in [1.82, 2.24) is 20.3 Å². The molecule has 0 aromatic carbocycles. The van der Waals surface area contributed by atoms with Crippen LogP contribution in [0.15, 0.2) is 30.6 Å². The monoisotopic (exact) mass is 409 g/mol. The fraction of sp³-hybridized carbons (Fsp3) is 0.474. The van der Waals surface area contributed by atoms with Gasteiger partial charge in [-0.1, -0.05) is 0 Å². The second kappa shape index (κ2) is 7.84. The molecule has 0 saturated carbocycles. The summed E-state index contributed by atoms with van der Waals surface area (Å²) in [6.45, 7) is 6.04. The summed E-state index contributed by atoms with van der Waals surface area (Å²) < 4.78 is 45.3. The minimum atomic E-state index is -4.61. The predicted molar refractivity (Wildman–Crippen MR) is 100 cm³/mol. The van der Waals surface area contributed by atoms with E-state index in [1.807, 2.05) is 0 Å². The van der Waals surface area contributed by atoms with Crippen molar-refractivity contribution in [2.45, 2.75) is 45.0 Å². The summed E-state index contributed by atoms with van der Waals surface area (Å²) in [4.78, 5) is 25.5. The highest BCUT2D eigenvalue weighted by Crippen LogP contribution is 2.32. The lowest BCUT2D eigenvalue weighted by atomic mass is 10.2. The molecular weight excluding hydrogens is 387 g/mol. The fourth-order valence-corrected chi connectivity index (χ4v) is 2.93. The van der Waals surface area contributed by atoms with Crippen molar-refractivity contribution in [2.24, 2.45) is 0 Å². The lowest BCUT2D eigenvalue weighted by Gasteiger charge is -2.22. The third-order valence-corrected chi connectivity index (χ3v) is 4.16. The molecule has 1 amide bonds. The van der Waals surface area contributed by atoms with E-state index in [4.69, 9.17) is 4.74 Å². The van der Waals surface area contributed by atoms with Gasteiger partial charge in [0.2, 0.25) is 0 Å². The van der Waals surface area contributed by atoms with E-state index < -0.39 is 23.6 Å². The van der Waals surface area contributed by atoms with Gasteiger partial charge in [-0.25, -0.2) is 14.8 Å². The van der Waals surface area contributed by atoms with E-state index in [1.165, 1.54) is 12.4 Å². The van der Waals surface area contributed by atoms with Crippen molar-refractivity contribution in [3.05, 3.63) is 36.3 Å². The molecule has 3 rings (SSSR count). The summed E-state index contributed by atoms with van der Waals surface area (Å²) in [6, 6.07) is 3.88. The third-order valence-electron chi connectivity index (χ3n) is 4.16. The van der Waals surface area contributed by atoms with Gasteiger partial charge in [-0.05, 0) is 39.3 Å². The molecule has 0 unspecified atom stereocenters. The van der Waals surface area contributed by atoms with Crippen LogP contribution in [0.5, 0.6) is 0 Å². The molecule has 156 valence electrons. The van der Waals surface area contributed by atoms with E-state index in [0.717, 1.165) is 6.07 Å². The molecule has 1 N–H and O–H groups in total. The van der Waals surface area contributed by atoms with Crippen LogP contribution in [0.1, 0.15) is 32.9 Å². The number of carbonyl (C=O) groups excluding carboxylic acids is 1. The lowest BCUT2D eigenvalue weighted by Crippen LogP contribution is -2.40. The van der Waals surface area contributed by atoms with Gasteiger partial charge >= 0.3 is 12.3 Å². The van der Waals surface area contributed by atoms with E-state index in [9.17, 15) is 18.0 Å². The first-order valence-electron chi connectivity index (χ1n) is 9.12. The number of hydrogen-bond acceptors (Lipinski definition) is 6. The molecule has 1 fully saturated rings. The van der Waals surface area contributed by atoms with E-state index >= 15 is 0 Å². The van der Waals surface area contributed by atoms with Crippen LogP contribution in [0, 0.1) is 0 Å². The topological polar surface area (TPSA) is 80.2 Å². The summed E-state index contributed by atoms with van der Waals surface area (Å²) in [6.07, 6.45) is -1.67. The molecule has 2 aromatic rings. The normalized spacial score (nSPS) is 17.3. The van der Waals surface area contributed by atoms with Crippen LogP contribution >= 0.6 is 0 Å². The van der Waals surface area contributed by atoms with Gasteiger partial charge in [0, 0.05) is 37.1 Å². The molecule has 1 atom stereocenters. The van der Waals surface area contributed by atoms with Crippen molar-refractivity contribution >= 4 is 11.9 Å². The number of alkyl halides is 3. The van der Waals surface area contributed by atoms with Crippen molar-refractivity contribution in [1.29, 1.82) is 0 Å². The molecule has 1 aliphatic rings. The first kappa shape index (κ1) is 20.8. The Hall–Kier alpha value is -2.91. The maximum atomic E-state index is 13.4. The van der Waals surface area contributed by atoms with Gasteiger partial charge in [-0.15, -0.1) is 0 Å². The molecule has 2 aromatic heterocycles. The summed E-state index contributed by atoms with van der Waals surface area (Å²) >= 11 is 0. The van der Waals surface area contributed by atoms with Crippen LogP contribution in [0.2, 0.25) is 0 Å². The van der Waals surface area contributed by atoms with Crippen LogP contribution < -0.4 is 10.2 Å². The maximum absolute atomic E-state index is 13.4. The number of pyridine rings is 1. The predicted octanol–water partition coefficient (Wildman–Crippen LogP) is 3.66. The van der Waals surface area contributed by atoms with Gasteiger partial charge in [0.1, 0.15) is 11.4 Å². The summed E-state index contributed by atoms with van der Waals surface area (Å²) in [5, 5.41) is 2.75. The van der Waals surface area contributed by atoms with E-state index in [1.54, 1.807) is 37.8 Å². The summed E-state index contributed by atoms with van der Waals surface area (Å²) in [7, 11) is 0. The Bertz CT molecular complexity index is 868.